The van der Waals surface area contributed by atoms with Crippen molar-refractivity contribution in [2.24, 2.45) is 0 Å². The van der Waals surface area contributed by atoms with Crippen LogP contribution < -0.4 is 0 Å². The Labute approximate surface area is 166 Å². The fourth-order valence-electron chi connectivity index (χ4n) is 2.92. The number of aliphatic hydroxyl groups is 1. The highest BCUT2D eigenvalue weighted by Crippen LogP contribution is 2.44. The Balaban J connectivity index is 2.30. The van der Waals surface area contributed by atoms with Gasteiger partial charge in [0, 0.05) is 13.7 Å². The fraction of sp³-hybridized carbons (Fsp3) is 0.588. The Hall–Kier alpha value is -1.29. The summed E-state index contributed by atoms with van der Waals surface area (Å²) in [5, 5.41) is 29.8. The number of benzene rings is 1. The van der Waals surface area contributed by atoms with Crippen LogP contribution in [0.1, 0.15) is 29.8 Å². The number of ether oxygens (including phenoxy) is 4. The van der Waals surface area contributed by atoms with E-state index in [-0.39, 0.29) is 16.1 Å². The van der Waals surface area contributed by atoms with Crippen LogP contribution in [0.5, 0.6) is 11.5 Å². The van der Waals surface area contributed by atoms with Crippen LogP contribution >= 0.6 is 23.2 Å². The molecule has 0 aliphatic carbocycles. The number of carbonyl (C=O) groups is 1. The molecule has 8 nitrogen and oxygen atoms in total. The second-order valence-corrected chi connectivity index (χ2v) is 6.81. The number of phenols is 2. The number of aromatic hydroxyl groups is 2. The molecule has 152 valence electrons. The van der Waals surface area contributed by atoms with E-state index in [1.54, 1.807) is 13.8 Å². The van der Waals surface area contributed by atoms with Crippen molar-refractivity contribution in [1.29, 1.82) is 0 Å². The maximum Gasteiger partial charge on any atom is 0.342 e. The fourth-order valence-corrected chi connectivity index (χ4v) is 3.35. The molecule has 1 aromatic carbocycles. The predicted octanol–water partition coefficient (Wildman–Crippen LogP) is 2.40. The largest absolute Gasteiger partial charge is 0.505 e. The lowest BCUT2D eigenvalue weighted by Gasteiger charge is -2.42. The average Bonchev–Trinajstić information content (AvgIpc) is 2.62. The van der Waals surface area contributed by atoms with Crippen molar-refractivity contribution < 1.29 is 39.1 Å². The van der Waals surface area contributed by atoms with Crippen molar-refractivity contribution in [3.8, 4) is 11.5 Å². The van der Waals surface area contributed by atoms with E-state index in [2.05, 4.69) is 0 Å². The molecule has 5 atom stereocenters. The van der Waals surface area contributed by atoms with Crippen LogP contribution in [-0.2, 0) is 18.9 Å². The van der Waals surface area contributed by atoms with Gasteiger partial charge in [0.2, 0.25) is 0 Å². The molecule has 0 spiro atoms. The molecule has 0 unspecified atom stereocenters. The molecular weight excluding hydrogens is 403 g/mol. The normalized spacial score (nSPS) is 28.2. The minimum Gasteiger partial charge on any atom is -0.505 e. The van der Waals surface area contributed by atoms with E-state index in [4.69, 9.17) is 42.1 Å². The summed E-state index contributed by atoms with van der Waals surface area (Å²) in [5.74, 6) is -2.20. The summed E-state index contributed by atoms with van der Waals surface area (Å²) in [7, 11) is 1.37. The molecule has 3 N–H and O–H groups in total. The molecule has 2 rings (SSSR count). The van der Waals surface area contributed by atoms with Crippen molar-refractivity contribution in [3.63, 3.8) is 0 Å². The second-order valence-electron chi connectivity index (χ2n) is 6.05. The van der Waals surface area contributed by atoms with Gasteiger partial charge in [-0.15, -0.1) is 0 Å². The van der Waals surface area contributed by atoms with E-state index in [1.165, 1.54) is 14.0 Å². The van der Waals surface area contributed by atoms with Gasteiger partial charge in [0.25, 0.3) is 0 Å². The third kappa shape index (κ3) is 4.11. The first kappa shape index (κ1) is 22.0. The van der Waals surface area contributed by atoms with Gasteiger partial charge in [0.15, 0.2) is 23.9 Å². The van der Waals surface area contributed by atoms with Gasteiger partial charge in [0.05, 0.1) is 11.1 Å². The molecule has 0 bridgehead atoms. The van der Waals surface area contributed by atoms with E-state index < -0.39 is 53.2 Å². The monoisotopic (exact) mass is 424 g/mol. The third-order valence-corrected chi connectivity index (χ3v) is 5.19. The topological polar surface area (TPSA) is 115 Å². The zero-order valence-electron chi connectivity index (χ0n) is 15.2. The highest BCUT2D eigenvalue weighted by Gasteiger charge is 2.47. The van der Waals surface area contributed by atoms with Gasteiger partial charge >= 0.3 is 5.97 Å². The number of carbonyl (C=O) groups excluding carboxylic acids is 1. The standard InChI is InChI=1S/C17H22Cl2O8/c1-5-25-17-15(24-4)13(22)14(7(3)26-17)27-16(23)8-6(2)9(18)12(21)10(19)11(8)20/h7,13-15,17,20-22H,5H2,1-4H3/t7-,13+,14-,15+,17-/m1/s1. The first-order valence-corrected chi connectivity index (χ1v) is 8.99. The van der Waals surface area contributed by atoms with Crippen LogP contribution in [0.25, 0.3) is 0 Å². The number of hydrogen-bond acceptors (Lipinski definition) is 8. The summed E-state index contributed by atoms with van der Waals surface area (Å²) in [6.07, 6.45) is -4.79. The molecule has 0 aromatic heterocycles. The number of aliphatic hydroxyl groups excluding tert-OH is 1. The van der Waals surface area contributed by atoms with E-state index in [9.17, 15) is 20.1 Å². The third-order valence-electron chi connectivity index (χ3n) is 4.37. The van der Waals surface area contributed by atoms with Crippen molar-refractivity contribution in [2.45, 2.75) is 51.5 Å². The summed E-state index contributed by atoms with van der Waals surface area (Å²) in [6, 6.07) is 0. The number of halogens is 2. The van der Waals surface area contributed by atoms with Crippen molar-refractivity contribution in [1.82, 2.24) is 0 Å². The Morgan fingerprint density at radius 2 is 1.81 bits per heavy atom. The molecular formula is C17H22Cl2O8. The van der Waals surface area contributed by atoms with E-state index in [1.807, 2.05) is 0 Å². The number of hydrogen-bond donors (Lipinski definition) is 3. The van der Waals surface area contributed by atoms with Crippen LogP contribution in [0.4, 0.5) is 0 Å². The number of methoxy groups -OCH3 is 1. The minimum atomic E-state index is -1.25. The molecule has 0 amide bonds. The molecule has 1 aromatic rings. The van der Waals surface area contributed by atoms with Crippen molar-refractivity contribution in [2.75, 3.05) is 13.7 Å². The maximum atomic E-state index is 12.6. The Morgan fingerprint density at radius 1 is 1.19 bits per heavy atom. The van der Waals surface area contributed by atoms with Crippen LogP contribution in [-0.4, -0.2) is 65.7 Å². The van der Waals surface area contributed by atoms with Gasteiger partial charge in [-0.3, -0.25) is 0 Å². The molecule has 10 heteroatoms. The maximum absolute atomic E-state index is 12.6. The van der Waals surface area contributed by atoms with Crippen molar-refractivity contribution in [3.05, 3.63) is 21.2 Å². The Bertz CT molecular complexity index is 682. The first-order chi connectivity index (χ1) is 12.6. The number of esters is 1. The summed E-state index contributed by atoms with van der Waals surface area (Å²) in [6.45, 7) is 5.12. The summed E-state index contributed by atoms with van der Waals surface area (Å²) in [4.78, 5) is 12.6. The van der Waals surface area contributed by atoms with Gasteiger partial charge in [0.1, 0.15) is 22.8 Å². The van der Waals surface area contributed by atoms with Crippen LogP contribution in [0.3, 0.4) is 0 Å². The highest BCUT2D eigenvalue weighted by molar-refractivity contribution is 6.39. The van der Waals surface area contributed by atoms with Crippen LogP contribution in [0.15, 0.2) is 0 Å². The lowest BCUT2D eigenvalue weighted by atomic mass is 9.99. The highest BCUT2D eigenvalue weighted by atomic mass is 35.5. The zero-order chi connectivity index (χ0) is 20.5. The van der Waals surface area contributed by atoms with Gasteiger partial charge < -0.3 is 34.3 Å². The summed E-state index contributed by atoms with van der Waals surface area (Å²) >= 11 is 11.7. The molecule has 1 saturated heterocycles. The first-order valence-electron chi connectivity index (χ1n) is 8.23. The SMILES string of the molecule is CCO[C@@H]1O[C@H](C)[C@@H](OC(=O)c2c(C)c(Cl)c(O)c(Cl)c2O)[C@H](O)[C@@H]1OC. The van der Waals surface area contributed by atoms with Crippen LogP contribution in [0.2, 0.25) is 10.0 Å². The Morgan fingerprint density at radius 3 is 2.37 bits per heavy atom. The molecule has 1 heterocycles. The van der Waals surface area contributed by atoms with Gasteiger partial charge in [-0.25, -0.2) is 4.79 Å². The number of rotatable bonds is 5. The second kappa shape index (κ2) is 8.81. The molecule has 0 saturated carbocycles. The quantitative estimate of drug-likeness (QED) is 0.617. The predicted molar refractivity (Wildman–Crippen MR) is 96.5 cm³/mol. The van der Waals surface area contributed by atoms with Gasteiger partial charge in [-0.1, -0.05) is 23.2 Å². The lowest BCUT2D eigenvalue weighted by molar-refractivity contribution is -0.296. The lowest BCUT2D eigenvalue weighted by Crippen LogP contribution is -2.59. The minimum absolute atomic E-state index is 0.0791. The van der Waals surface area contributed by atoms with Gasteiger partial charge in [-0.2, -0.15) is 0 Å². The molecule has 1 fully saturated rings. The smallest absolute Gasteiger partial charge is 0.342 e. The van der Waals surface area contributed by atoms with E-state index in [0.29, 0.717) is 6.61 Å². The van der Waals surface area contributed by atoms with Crippen molar-refractivity contribution >= 4 is 29.2 Å². The molecule has 1 aliphatic rings. The van der Waals surface area contributed by atoms with Crippen LogP contribution in [0, 0.1) is 6.92 Å². The average molecular weight is 425 g/mol. The Kier molecular flexibility index (Phi) is 7.18. The molecule has 27 heavy (non-hydrogen) atoms. The van der Waals surface area contributed by atoms with E-state index >= 15 is 0 Å². The zero-order valence-corrected chi connectivity index (χ0v) is 16.7. The summed E-state index contributed by atoms with van der Waals surface area (Å²) < 4.78 is 21.6. The summed E-state index contributed by atoms with van der Waals surface area (Å²) in [5.41, 5.74) is -0.237. The molecule has 1 aliphatic heterocycles. The molecule has 0 radical (unpaired) electrons. The number of phenolic OH excluding ortho intramolecular Hbond substituents is 2. The van der Waals surface area contributed by atoms with Gasteiger partial charge in [-0.05, 0) is 26.3 Å². The van der Waals surface area contributed by atoms with E-state index in [0.717, 1.165) is 0 Å².